The predicted octanol–water partition coefficient (Wildman–Crippen LogP) is 3.10. The van der Waals surface area contributed by atoms with Crippen molar-refractivity contribution in [1.82, 2.24) is 10.6 Å². The second-order valence-electron chi connectivity index (χ2n) is 9.02. The molecule has 3 aromatic rings. The monoisotopic (exact) mass is 551 g/mol. The van der Waals surface area contributed by atoms with E-state index in [4.69, 9.17) is 23.4 Å². The molecular weight excluding hydrogens is 518 g/mol. The lowest BCUT2D eigenvalue weighted by atomic mass is 10.0. The minimum Gasteiger partial charge on any atom is -0.497 e. The lowest BCUT2D eigenvalue weighted by molar-refractivity contribution is -0.126. The number of nitrogens with one attached hydrogen (secondary N) is 2. The summed E-state index contributed by atoms with van der Waals surface area (Å²) in [5.74, 6) is -0.00908. The Morgan fingerprint density at radius 3 is 2.38 bits per heavy atom. The molecule has 40 heavy (non-hydrogen) atoms. The van der Waals surface area contributed by atoms with E-state index < -0.39 is 30.3 Å². The van der Waals surface area contributed by atoms with Gasteiger partial charge in [0, 0.05) is 18.8 Å². The summed E-state index contributed by atoms with van der Waals surface area (Å²) in [5.41, 5.74) is 0.897. The van der Waals surface area contributed by atoms with Crippen molar-refractivity contribution in [2.45, 2.75) is 25.0 Å². The Kier molecular flexibility index (Phi) is 9.63. The molecule has 1 aliphatic heterocycles. The number of amides is 3. The number of hydrogen-bond acceptors (Lipinski definition) is 8. The first-order valence-corrected chi connectivity index (χ1v) is 12.8. The molecule has 2 aromatic carbocycles. The fourth-order valence-corrected chi connectivity index (χ4v) is 4.47. The zero-order valence-corrected chi connectivity index (χ0v) is 22.7. The molecule has 1 aliphatic rings. The van der Waals surface area contributed by atoms with E-state index in [1.54, 1.807) is 48.5 Å². The highest BCUT2D eigenvalue weighted by Crippen LogP contribution is 2.35. The van der Waals surface area contributed by atoms with Crippen LogP contribution in [0.2, 0.25) is 0 Å². The topological polar surface area (TPSA) is 129 Å². The number of nitrogens with zero attached hydrogens (tertiary/aromatic N) is 1. The number of ether oxygens (including phenoxy) is 4. The highest BCUT2D eigenvalue weighted by molar-refractivity contribution is 6.04. The normalized spacial score (nSPS) is 15.1. The van der Waals surface area contributed by atoms with E-state index in [0.717, 1.165) is 12.8 Å². The van der Waals surface area contributed by atoms with Crippen LogP contribution in [0.15, 0.2) is 65.3 Å². The van der Waals surface area contributed by atoms with Gasteiger partial charge < -0.3 is 34.0 Å². The van der Waals surface area contributed by atoms with E-state index >= 15 is 0 Å². The number of methoxy groups -OCH3 is 3. The van der Waals surface area contributed by atoms with E-state index in [0.29, 0.717) is 41.7 Å². The third-order valence-electron chi connectivity index (χ3n) is 6.52. The maximum Gasteiger partial charge on any atom is 0.287 e. The summed E-state index contributed by atoms with van der Waals surface area (Å²) < 4.78 is 26.9. The van der Waals surface area contributed by atoms with Crippen LogP contribution < -0.4 is 29.7 Å². The van der Waals surface area contributed by atoms with Crippen molar-refractivity contribution in [2.24, 2.45) is 0 Å². The molecule has 11 heteroatoms. The van der Waals surface area contributed by atoms with Gasteiger partial charge in [0.1, 0.15) is 11.8 Å². The van der Waals surface area contributed by atoms with Gasteiger partial charge in [0.25, 0.3) is 5.91 Å². The number of anilines is 1. The third kappa shape index (κ3) is 6.73. The van der Waals surface area contributed by atoms with E-state index in [1.807, 2.05) is 0 Å². The highest BCUT2D eigenvalue weighted by atomic mass is 16.5. The van der Waals surface area contributed by atoms with Gasteiger partial charge in [-0.05, 0) is 66.9 Å². The molecule has 212 valence electrons. The second-order valence-corrected chi connectivity index (χ2v) is 9.02. The molecule has 1 aromatic heterocycles. The molecule has 11 nitrogen and oxygen atoms in total. The quantitative estimate of drug-likeness (QED) is 0.352. The summed E-state index contributed by atoms with van der Waals surface area (Å²) in [5, 5.41) is 5.52. The lowest BCUT2D eigenvalue weighted by Crippen LogP contribution is -2.48. The zero-order valence-electron chi connectivity index (χ0n) is 22.7. The van der Waals surface area contributed by atoms with Crippen molar-refractivity contribution in [2.75, 3.05) is 45.9 Å². The Hall–Kier alpha value is -4.51. The van der Waals surface area contributed by atoms with Gasteiger partial charge in [-0.1, -0.05) is 6.07 Å². The standard InChI is InChI=1S/C29H33N3O8/c1-36-21-11-9-20(10-12-21)32(26(33)18-31-28(34)24-7-5-15-40-24)27(29(35)30-17-22-6-4-14-39-22)19-8-13-23(37-2)25(16-19)38-3/h5,7-13,15-16,22,27H,4,6,14,17-18H2,1-3H3,(H,30,35)(H,31,34)/t22-,27+/m0/s1. The van der Waals surface area contributed by atoms with Crippen LogP contribution in [0.5, 0.6) is 17.2 Å². The van der Waals surface area contributed by atoms with Crippen LogP contribution >= 0.6 is 0 Å². The Morgan fingerprint density at radius 1 is 0.975 bits per heavy atom. The third-order valence-corrected chi connectivity index (χ3v) is 6.52. The zero-order chi connectivity index (χ0) is 28.5. The number of furan rings is 1. The Morgan fingerprint density at radius 2 is 1.75 bits per heavy atom. The van der Waals surface area contributed by atoms with Crippen molar-refractivity contribution in [3.8, 4) is 17.2 Å². The van der Waals surface area contributed by atoms with Gasteiger partial charge in [-0.15, -0.1) is 0 Å². The Bertz CT molecular complexity index is 1290. The molecule has 2 atom stereocenters. The summed E-state index contributed by atoms with van der Waals surface area (Å²) in [4.78, 5) is 41.5. The fraction of sp³-hybridized carbons (Fsp3) is 0.345. The van der Waals surface area contributed by atoms with Crippen molar-refractivity contribution in [1.29, 1.82) is 0 Å². The van der Waals surface area contributed by atoms with Crippen LogP contribution in [0, 0.1) is 0 Å². The summed E-state index contributed by atoms with van der Waals surface area (Å²) in [7, 11) is 4.54. The molecule has 1 fully saturated rings. The lowest BCUT2D eigenvalue weighted by Gasteiger charge is -2.32. The molecule has 2 heterocycles. The van der Waals surface area contributed by atoms with Gasteiger partial charge >= 0.3 is 0 Å². The minimum atomic E-state index is -1.12. The maximum absolute atomic E-state index is 13.9. The Labute approximate surface area is 232 Å². The van der Waals surface area contributed by atoms with Crippen LogP contribution in [-0.2, 0) is 14.3 Å². The number of carbonyl (C=O) groups excluding carboxylic acids is 3. The minimum absolute atomic E-state index is 0.0644. The summed E-state index contributed by atoms with van der Waals surface area (Å²) >= 11 is 0. The first kappa shape index (κ1) is 28.5. The van der Waals surface area contributed by atoms with Crippen molar-refractivity contribution in [3.63, 3.8) is 0 Å². The predicted molar refractivity (Wildman–Crippen MR) is 146 cm³/mol. The van der Waals surface area contributed by atoms with Gasteiger partial charge in [-0.25, -0.2) is 0 Å². The number of carbonyl (C=O) groups is 3. The molecule has 0 aliphatic carbocycles. The number of benzene rings is 2. The fourth-order valence-electron chi connectivity index (χ4n) is 4.47. The Balaban J connectivity index is 1.71. The largest absolute Gasteiger partial charge is 0.497 e. The van der Waals surface area contributed by atoms with E-state index in [1.165, 1.54) is 38.6 Å². The first-order chi connectivity index (χ1) is 19.4. The van der Waals surface area contributed by atoms with Gasteiger partial charge in [-0.3, -0.25) is 19.3 Å². The van der Waals surface area contributed by atoms with Gasteiger partial charge in [-0.2, -0.15) is 0 Å². The maximum atomic E-state index is 13.9. The average Bonchev–Trinajstić information content (AvgIpc) is 3.72. The molecule has 1 saturated heterocycles. The van der Waals surface area contributed by atoms with Crippen molar-refractivity contribution >= 4 is 23.4 Å². The average molecular weight is 552 g/mol. The van der Waals surface area contributed by atoms with Crippen LogP contribution in [-0.4, -0.2) is 64.9 Å². The molecule has 4 rings (SSSR count). The van der Waals surface area contributed by atoms with Crippen molar-refractivity contribution < 1.29 is 37.7 Å². The second kappa shape index (κ2) is 13.5. The summed E-state index contributed by atoms with van der Waals surface area (Å²) in [6.45, 7) is 0.544. The molecule has 3 amide bonds. The van der Waals surface area contributed by atoms with Crippen LogP contribution in [0.25, 0.3) is 0 Å². The summed E-state index contributed by atoms with van der Waals surface area (Å²) in [6, 6.07) is 13.7. The van der Waals surface area contributed by atoms with Crippen LogP contribution in [0.1, 0.15) is 35.0 Å². The SMILES string of the molecule is COc1ccc(N(C(=O)CNC(=O)c2ccco2)[C@@H](C(=O)NC[C@@H]2CCCO2)c2ccc(OC)c(OC)c2)cc1. The molecule has 0 bridgehead atoms. The molecule has 0 spiro atoms. The van der Waals surface area contributed by atoms with Crippen LogP contribution in [0.3, 0.4) is 0 Å². The molecule has 0 unspecified atom stereocenters. The van der Waals surface area contributed by atoms with Gasteiger partial charge in [0.15, 0.2) is 17.3 Å². The molecule has 0 saturated carbocycles. The molecular formula is C29H33N3O8. The smallest absolute Gasteiger partial charge is 0.287 e. The summed E-state index contributed by atoms with van der Waals surface area (Å²) in [6.07, 6.45) is 3.02. The first-order valence-electron chi connectivity index (χ1n) is 12.8. The highest BCUT2D eigenvalue weighted by Gasteiger charge is 2.34. The number of rotatable bonds is 12. The molecule has 2 N–H and O–H groups in total. The number of hydrogen-bond donors (Lipinski definition) is 2. The van der Waals surface area contributed by atoms with E-state index in [2.05, 4.69) is 10.6 Å². The van der Waals surface area contributed by atoms with Crippen molar-refractivity contribution in [3.05, 3.63) is 72.2 Å². The van der Waals surface area contributed by atoms with E-state index in [9.17, 15) is 14.4 Å². The van der Waals surface area contributed by atoms with E-state index in [-0.39, 0.29) is 11.9 Å². The molecule has 0 radical (unpaired) electrons. The van der Waals surface area contributed by atoms with Gasteiger partial charge in [0.05, 0.1) is 40.2 Å². The van der Waals surface area contributed by atoms with Crippen LogP contribution in [0.4, 0.5) is 5.69 Å². The van der Waals surface area contributed by atoms with Gasteiger partial charge in [0.2, 0.25) is 11.8 Å².